The van der Waals surface area contributed by atoms with Crippen molar-refractivity contribution < 1.29 is 24.3 Å². The summed E-state index contributed by atoms with van der Waals surface area (Å²) in [7, 11) is 1.33. The van der Waals surface area contributed by atoms with E-state index in [0.29, 0.717) is 22.5 Å². The molecular weight excluding hydrogens is 350 g/mol. The predicted molar refractivity (Wildman–Crippen MR) is 93.4 cm³/mol. The summed E-state index contributed by atoms with van der Waals surface area (Å²) < 4.78 is 11.9. The molecule has 2 N–H and O–H groups in total. The van der Waals surface area contributed by atoms with Gasteiger partial charge in [-0.2, -0.15) is 5.10 Å². The molecule has 2 aromatic heterocycles. The Balaban J connectivity index is 1.77. The zero-order valence-electron chi connectivity index (χ0n) is 14.9. The van der Waals surface area contributed by atoms with E-state index in [1.54, 1.807) is 28.9 Å². The van der Waals surface area contributed by atoms with E-state index in [1.165, 1.54) is 13.3 Å². The van der Waals surface area contributed by atoms with Crippen LogP contribution in [0.25, 0.3) is 5.69 Å². The number of ether oxygens (including phenoxy) is 1. The molecule has 2 heterocycles. The van der Waals surface area contributed by atoms with Gasteiger partial charge in [0.2, 0.25) is 0 Å². The van der Waals surface area contributed by atoms with Gasteiger partial charge in [0.05, 0.1) is 30.4 Å². The van der Waals surface area contributed by atoms with Crippen LogP contribution in [0.5, 0.6) is 0 Å². The number of carbonyl (C=O) groups is 1. The molecule has 1 saturated carbocycles. The quantitative estimate of drug-likeness (QED) is 0.524. The van der Waals surface area contributed by atoms with Crippen LogP contribution in [-0.2, 0) is 4.74 Å². The molecule has 3 aromatic rings. The number of aliphatic hydroxyl groups excluding tert-OH is 1. The van der Waals surface area contributed by atoms with Gasteiger partial charge in [-0.1, -0.05) is 17.3 Å². The number of hydrogen-bond donors (Lipinski definition) is 2. The molecule has 0 amide bonds. The third kappa shape index (κ3) is 3.13. The molecular formula is C19H19N3O5. The maximum atomic E-state index is 12.2. The molecule has 8 heteroatoms. The van der Waals surface area contributed by atoms with Crippen molar-refractivity contribution in [2.75, 3.05) is 7.11 Å². The third-order valence-electron chi connectivity index (χ3n) is 4.78. The molecule has 2 atom stereocenters. The molecule has 0 spiro atoms. The molecule has 0 saturated heterocycles. The second-order valence-corrected chi connectivity index (χ2v) is 6.63. The number of benzene rings is 1. The van der Waals surface area contributed by atoms with Gasteiger partial charge in [-0.15, -0.1) is 0 Å². The van der Waals surface area contributed by atoms with Gasteiger partial charge in [-0.3, -0.25) is 0 Å². The topological polar surface area (TPSA) is 111 Å². The van der Waals surface area contributed by atoms with E-state index in [2.05, 4.69) is 10.3 Å². The van der Waals surface area contributed by atoms with Crippen molar-refractivity contribution in [1.29, 1.82) is 0 Å². The number of methoxy groups -OCH3 is 1. The minimum atomic E-state index is -1.59. The first kappa shape index (κ1) is 17.4. The van der Waals surface area contributed by atoms with E-state index in [1.807, 2.05) is 13.0 Å². The SMILES string of the molecule is COC(=O)c1cnn(-c2cccc(C(O)O)c2)c1[C@@H]1C[C@H]1c1cc(C)no1. The lowest BCUT2D eigenvalue weighted by atomic mass is 10.1. The van der Waals surface area contributed by atoms with E-state index in [-0.39, 0.29) is 11.8 Å². The van der Waals surface area contributed by atoms with E-state index >= 15 is 0 Å². The summed E-state index contributed by atoms with van der Waals surface area (Å²) in [5.41, 5.74) is 2.88. The zero-order valence-corrected chi connectivity index (χ0v) is 14.9. The lowest BCUT2D eigenvalue weighted by molar-refractivity contribution is -0.0424. The van der Waals surface area contributed by atoms with Crippen molar-refractivity contribution in [3.8, 4) is 5.69 Å². The lowest BCUT2D eigenvalue weighted by Gasteiger charge is -2.11. The molecule has 0 bridgehead atoms. The Morgan fingerprint density at radius 2 is 2.15 bits per heavy atom. The second-order valence-electron chi connectivity index (χ2n) is 6.63. The van der Waals surface area contributed by atoms with E-state index in [4.69, 9.17) is 9.26 Å². The summed E-state index contributed by atoms with van der Waals surface area (Å²) in [4.78, 5) is 12.2. The number of esters is 1. The van der Waals surface area contributed by atoms with Gasteiger partial charge in [0.25, 0.3) is 0 Å². The Labute approximate surface area is 155 Å². The standard InChI is InChI=1S/C19H19N3O5/c1-10-6-16(27-21-10)13-8-14(13)17-15(19(25)26-2)9-20-22(17)12-5-3-4-11(7-12)18(23)24/h3-7,9,13-14,18,23-24H,8H2,1-2H3/t13-,14-/m1/s1. The predicted octanol–water partition coefficient (Wildman–Crippen LogP) is 2.21. The monoisotopic (exact) mass is 369 g/mol. The Morgan fingerprint density at radius 1 is 1.33 bits per heavy atom. The van der Waals surface area contributed by atoms with Gasteiger partial charge in [0.15, 0.2) is 6.29 Å². The Kier molecular flexibility index (Phi) is 4.29. The fourth-order valence-electron chi connectivity index (χ4n) is 3.37. The molecule has 1 aliphatic rings. The summed E-state index contributed by atoms with van der Waals surface area (Å²) in [5.74, 6) is 0.447. The molecule has 8 nitrogen and oxygen atoms in total. The number of hydrogen-bond acceptors (Lipinski definition) is 7. The number of nitrogens with zero attached hydrogens (tertiary/aromatic N) is 3. The molecule has 0 radical (unpaired) electrons. The zero-order chi connectivity index (χ0) is 19.1. The van der Waals surface area contributed by atoms with Crippen LogP contribution in [0.15, 0.2) is 41.1 Å². The number of carbonyl (C=O) groups excluding carboxylic acids is 1. The summed E-state index contributed by atoms with van der Waals surface area (Å²) >= 11 is 0. The first-order chi connectivity index (χ1) is 13.0. The fraction of sp³-hybridized carbons (Fsp3) is 0.316. The van der Waals surface area contributed by atoms with Gasteiger partial charge < -0.3 is 19.5 Å². The molecule has 27 heavy (non-hydrogen) atoms. The highest BCUT2D eigenvalue weighted by atomic mass is 16.5. The van der Waals surface area contributed by atoms with Crippen LogP contribution in [0.2, 0.25) is 0 Å². The van der Waals surface area contributed by atoms with E-state index in [9.17, 15) is 15.0 Å². The molecule has 140 valence electrons. The van der Waals surface area contributed by atoms with Crippen molar-refractivity contribution in [3.63, 3.8) is 0 Å². The maximum Gasteiger partial charge on any atom is 0.341 e. The first-order valence-corrected chi connectivity index (χ1v) is 8.55. The smallest absolute Gasteiger partial charge is 0.341 e. The highest BCUT2D eigenvalue weighted by Gasteiger charge is 2.46. The second kappa shape index (κ2) is 6.64. The van der Waals surface area contributed by atoms with Crippen LogP contribution >= 0.6 is 0 Å². The Morgan fingerprint density at radius 3 is 2.81 bits per heavy atom. The highest BCUT2D eigenvalue weighted by molar-refractivity contribution is 5.91. The van der Waals surface area contributed by atoms with Crippen LogP contribution in [-0.4, -0.2) is 38.2 Å². The summed E-state index contributed by atoms with van der Waals surface area (Å²) in [5, 5.41) is 27.2. The van der Waals surface area contributed by atoms with E-state index < -0.39 is 12.3 Å². The normalized spacial score (nSPS) is 18.7. The van der Waals surface area contributed by atoms with Gasteiger partial charge in [0.1, 0.15) is 11.3 Å². The minimum Gasteiger partial charge on any atom is -0.465 e. The fourth-order valence-corrected chi connectivity index (χ4v) is 3.37. The highest BCUT2D eigenvalue weighted by Crippen LogP contribution is 2.55. The number of aromatic nitrogens is 3. The molecule has 1 aliphatic carbocycles. The van der Waals surface area contributed by atoms with Crippen LogP contribution in [0.1, 0.15) is 57.6 Å². The number of rotatable bonds is 5. The van der Waals surface area contributed by atoms with Crippen molar-refractivity contribution in [2.45, 2.75) is 31.5 Å². The van der Waals surface area contributed by atoms with Gasteiger partial charge in [-0.05, 0) is 25.5 Å². The summed E-state index contributed by atoms with van der Waals surface area (Å²) in [6.45, 7) is 1.86. The number of aliphatic hydroxyl groups is 2. The summed E-state index contributed by atoms with van der Waals surface area (Å²) in [6.07, 6.45) is 0.687. The van der Waals surface area contributed by atoms with Crippen LogP contribution in [0.4, 0.5) is 0 Å². The molecule has 1 fully saturated rings. The lowest BCUT2D eigenvalue weighted by Crippen LogP contribution is -2.08. The summed E-state index contributed by atoms with van der Waals surface area (Å²) in [6, 6.07) is 8.62. The van der Waals surface area contributed by atoms with Gasteiger partial charge >= 0.3 is 5.97 Å². The van der Waals surface area contributed by atoms with E-state index in [0.717, 1.165) is 17.9 Å². The van der Waals surface area contributed by atoms with Crippen LogP contribution in [0, 0.1) is 6.92 Å². The molecule has 0 aliphatic heterocycles. The van der Waals surface area contributed by atoms with Crippen molar-refractivity contribution in [3.05, 3.63) is 64.8 Å². The number of aryl methyl sites for hydroxylation is 1. The third-order valence-corrected chi connectivity index (χ3v) is 4.78. The van der Waals surface area contributed by atoms with Crippen molar-refractivity contribution >= 4 is 5.97 Å². The Bertz CT molecular complexity index is 991. The average molecular weight is 369 g/mol. The van der Waals surface area contributed by atoms with Gasteiger partial charge in [0, 0.05) is 23.5 Å². The Hall–Kier alpha value is -2.97. The van der Waals surface area contributed by atoms with Crippen molar-refractivity contribution in [2.24, 2.45) is 0 Å². The minimum absolute atomic E-state index is 0.0247. The average Bonchev–Trinajstić information content (AvgIpc) is 3.12. The van der Waals surface area contributed by atoms with Crippen LogP contribution in [0.3, 0.4) is 0 Å². The van der Waals surface area contributed by atoms with Crippen LogP contribution < -0.4 is 0 Å². The molecule has 4 rings (SSSR count). The maximum absolute atomic E-state index is 12.2. The molecule has 0 unspecified atom stereocenters. The largest absolute Gasteiger partial charge is 0.465 e. The van der Waals surface area contributed by atoms with Crippen molar-refractivity contribution in [1.82, 2.24) is 14.9 Å². The first-order valence-electron chi connectivity index (χ1n) is 8.55. The van der Waals surface area contributed by atoms with Gasteiger partial charge in [-0.25, -0.2) is 9.48 Å². The molecule has 1 aromatic carbocycles.